The Morgan fingerprint density at radius 3 is 2.50 bits per heavy atom. The molecule has 0 aliphatic carbocycles. The number of hydrogen-bond acceptors (Lipinski definition) is 3. The second-order valence-corrected chi connectivity index (χ2v) is 7.17. The van der Waals surface area contributed by atoms with Crippen molar-refractivity contribution in [3.05, 3.63) is 0 Å². The average Bonchev–Trinajstić information content (AvgIpc) is 2.15. The lowest BCUT2D eigenvalue weighted by molar-refractivity contribution is 0.0986. The van der Waals surface area contributed by atoms with Gasteiger partial charge in [-0.05, 0) is 25.2 Å². The highest BCUT2D eigenvalue weighted by atomic mass is 35.7. The lowest BCUT2D eigenvalue weighted by Crippen LogP contribution is -2.06. The van der Waals surface area contributed by atoms with Gasteiger partial charge < -0.3 is 4.74 Å². The van der Waals surface area contributed by atoms with E-state index in [1.165, 1.54) is 12.8 Å². The van der Waals surface area contributed by atoms with Gasteiger partial charge >= 0.3 is 0 Å². The Bertz CT molecular complexity index is 252. The summed E-state index contributed by atoms with van der Waals surface area (Å²) in [5.74, 6) is 0.689. The van der Waals surface area contributed by atoms with E-state index in [1.807, 2.05) is 0 Å². The summed E-state index contributed by atoms with van der Waals surface area (Å²) in [6.45, 7) is 5.88. The van der Waals surface area contributed by atoms with E-state index in [9.17, 15) is 8.42 Å². The first-order valence-corrected chi connectivity index (χ1v) is 8.43. The van der Waals surface area contributed by atoms with Crippen molar-refractivity contribution in [2.45, 2.75) is 46.0 Å². The number of halogens is 1. The van der Waals surface area contributed by atoms with E-state index >= 15 is 0 Å². The summed E-state index contributed by atoms with van der Waals surface area (Å²) in [6, 6.07) is 0. The van der Waals surface area contributed by atoms with E-state index in [4.69, 9.17) is 15.4 Å². The molecule has 16 heavy (non-hydrogen) atoms. The molecule has 0 saturated carbocycles. The molecule has 0 aliphatic heterocycles. The maximum atomic E-state index is 10.6. The fourth-order valence-electron chi connectivity index (χ4n) is 1.52. The van der Waals surface area contributed by atoms with Crippen LogP contribution in [-0.2, 0) is 13.8 Å². The quantitative estimate of drug-likeness (QED) is 0.452. The standard InChI is InChI=1S/C11H23ClO3S/c1-3-7-11(2)10-15-8-5-4-6-9-16(12,13)14/h11H,3-10H2,1-2H3. The minimum absolute atomic E-state index is 0.0702. The molecule has 3 nitrogen and oxygen atoms in total. The molecule has 0 amide bonds. The molecule has 0 heterocycles. The third kappa shape index (κ3) is 12.3. The summed E-state index contributed by atoms with van der Waals surface area (Å²) < 4.78 is 26.7. The number of ether oxygens (including phenoxy) is 1. The van der Waals surface area contributed by atoms with Gasteiger partial charge in [-0.3, -0.25) is 0 Å². The van der Waals surface area contributed by atoms with Crippen LogP contribution in [0.2, 0.25) is 0 Å². The van der Waals surface area contributed by atoms with Crippen LogP contribution in [0.5, 0.6) is 0 Å². The molecule has 0 radical (unpaired) electrons. The van der Waals surface area contributed by atoms with Gasteiger partial charge in [-0.15, -0.1) is 0 Å². The van der Waals surface area contributed by atoms with Crippen LogP contribution in [-0.4, -0.2) is 27.4 Å². The van der Waals surface area contributed by atoms with E-state index in [-0.39, 0.29) is 5.75 Å². The summed E-state index contributed by atoms with van der Waals surface area (Å²) in [5.41, 5.74) is 0. The van der Waals surface area contributed by atoms with Crippen LogP contribution in [0, 0.1) is 5.92 Å². The highest BCUT2D eigenvalue weighted by molar-refractivity contribution is 8.13. The van der Waals surface area contributed by atoms with Crippen LogP contribution in [0.1, 0.15) is 46.0 Å². The van der Waals surface area contributed by atoms with Gasteiger partial charge in [0.2, 0.25) is 9.05 Å². The topological polar surface area (TPSA) is 43.4 Å². The second kappa shape index (κ2) is 9.25. The maximum Gasteiger partial charge on any atom is 0.232 e. The molecule has 0 fully saturated rings. The zero-order valence-corrected chi connectivity index (χ0v) is 11.8. The SMILES string of the molecule is CCCC(C)COCCCCCS(=O)(=O)Cl. The van der Waals surface area contributed by atoms with Gasteiger partial charge in [0.05, 0.1) is 5.75 Å². The molecule has 5 heteroatoms. The van der Waals surface area contributed by atoms with Gasteiger partial charge in [-0.1, -0.05) is 26.7 Å². The Balaban J connectivity index is 3.22. The number of hydrogen-bond donors (Lipinski definition) is 0. The molecule has 0 N–H and O–H groups in total. The lowest BCUT2D eigenvalue weighted by Gasteiger charge is -2.10. The van der Waals surface area contributed by atoms with Crippen molar-refractivity contribution in [3.8, 4) is 0 Å². The van der Waals surface area contributed by atoms with Crippen LogP contribution in [0.4, 0.5) is 0 Å². The first kappa shape index (κ1) is 16.2. The zero-order valence-electron chi connectivity index (χ0n) is 10.2. The molecule has 1 atom stereocenters. The molecule has 0 bridgehead atoms. The van der Waals surface area contributed by atoms with E-state index in [0.717, 1.165) is 26.1 Å². The van der Waals surface area contributed by atoms with Crippen LogP contribution >= 0.6 is 10.7 Å². The Kier molecular flexibility index (Phi) is 9.37. The van der Waals surface area contributed by atoms with E-state index in [1.54, 1.807) is 0 Å². The largest absolute Gasteiger partial charge is 0.381 e. The fraction of sp³-hybridized carbons (Fsp3) is 1.00. The van der Waals surface area contributed by atoms with Crippen molar-refractivity contribution in [1.82, 2.24) is 0 Å². The van der Waals surface area contributed by atoms with Gasteiger partial charge in [0, 0.05) is 23.9 Å². The Labute approximate surface area is 104 Å². The first-order chi connectivity index (χ1) is 7.45. The van der Waals surface area contributed by atoms with Gasteiger partial charge in [-0.2, -0.15) is 0 Å². The third-order valence-corrected chi connectivity index (χ3v) is 3.60. The monoisotopic (exact) mass is 270 g/mol. The second-order valence-electron chi connectivity index (χ2n) is 4.27. The molecule has 0 aromatic rings. The third-order valence-electron chi connectivity index (χ3n) is 2.36. The summed E-state index contributed by atoms with van der Waals surface area (Å²) in [5, 5.41) is 0. The first-order valence-electron chi connectivity index (χ1n) is 5.95. The van der Waals surface area contributed by atoms with Crippen molar-refractivity contribution < 1.29 is 13.2 Å². The van der Waals surface area contributed by atoms with Crippen molar-refractivity contribution in [2.24, 2.45) is 5.92 Å². The van der Waals surface area contributed by atoms with Crippen molar-refractivity contribution in [3.63, 3.8) is 0 Å². The highest BCUT2D eigenvalue weighted by Crippen LogP contribution is 2.07. The van der Waals surface area contributed by atoms with Crippen molar-refractivity contribution >= 4 is 19.7 Å². The van der Waals surface area contributed by atoms with Gasteiger partial charge in [0.15, 0.2) is 0 Å². The zero-order chi connectivity index (χ0) is 12.4. The smallest absolute Gasteiger partial charge is 0.232 e. The summed E-state index contributed by atoms with van der Waals surface area (Å²) >= 11 is 0. The Morgan fingerprint density at radius 1 is 1.25 bits per heavy atom. The van der Waals surface area contributed by atoms with Crippen molar-refractivity contribution in [2.75, 3.05) is 19.0 Å². The van der Waals surface area contributed by atoms with Crippen molar-refractivity contribution in [1.29, 1.82) is 0 Å². The van der Waals surface area contributed by atoms with Crippen LogP contribution in [0.3, 0.4) is 0 Å². The number of rotatable bonds is 10. The average molecular weight is 271 g/mol. The van der Waals surface area contributed by atoms with Crippen LogP contribution in [0.25, 0.3) is 0 Å². The van der Waals surface area contributed by atoms with Crippen LogP contribution < -0.4 is 0 Å². The Morgan fingerprint density at radius 2 is 1.94 bits per heavy atom. The summed E-state index contributed by atoms with van der Waals surface area (Å²) in [6.07, 6.45) is 4.78. The predicted molar refractivity (Wildman–Crippen MR) is 68.4 cm³/mol. The molecule has 0 aliphatic rings. The molecule has 0 rings (SSSR count). The van der Waals surface area contributed by atoms with E-state index in [2.05, 4.69) is 13.8 Å². The molecule has 0 aromatic carbocycles. The Hall–Kier alpha value is 0.200. The molecular weight excluding hydrogens is 248 g/mol. The number of unbranched alkanes of at least 4 members (excludes halogenated alkanes) is 2. The van der Waals surface area contributed by atoms with Gasteiger partial charge in [0.25, 0.3) is 0 Å². The van der Waals surface area contributed by atoms with E-state index < -0.39 is 9.05 Å². The van der Waals surface area contributed by atoms with Gasteiger partial charge in [-0.25, -0.2) is 8.42 Å². The molecule has 0 spiro atoms. The molecular formula is C11H23ClO3S. The lowest BCUT2D eigenvalue weighted by atomic mass is 10.1. The predicted octanol–water partition coefficient (Wildman–Crippen LogP) is 3.18. The normalized spacial score (nSPS) is 13.9. The summed E-state index contributed by atoms with van der Waals surface area (Å²) in [7, 11) is 1.78. The highest BCUT2D eigenvalue weighted by Gasteiger charge is 2.04. The fourth-order valence-corrected chi connectivity index (χ4v) is 2.39. The van der Waals surface area contributed by atoms with E-state index in [0.29, 0.717) is 12.3 Å². The summed E-state index contributed by atoms with van der Waals surface area (Å²) in [4.78, 5) is 0. The van der Waals surface area contributed by atoms with Crippen LogP contribution in [0.15, 0.2) is 0 Å². The minimum Gasteiger partial charge on any atom is -0.381 e. The maximum absolute atomic E-state index is 10.6. The minimum atomic E-state index is -3.31. The molecule has 0 saturated heterocycles. The molecule has 98 valence electrons. The molecule has 0 aromatic heterocycles. The molecule has 1 unspecified atom stereocenters. The van der Waals surface area contributed by atoms with Gasteiger partial charge in [0.1, 0.15) is 0 Å².